The minimum Gasteiger partial charge on any atom is -0.490 e. The summed E-state index contributed by atoms with van der Waals surface area (Å²) in [6.07, 6.45) is 1.76. The first-order chi connectivity index (χ1) is 20.8. The Morgan fingerprint density at radius 1 is 1.02 bits per heavy atom. The minimum atomic E-state index is -0.673. The van der Waals surface area contributed by atoms with E-state index < -0.39 is 16.9 Å². The third-order valence-corrected chi connectivity index (χ3v) is 7.72. The number of hydrogen-bond donors (Lipinski definition) is 0. The lowest BCUT2D eigenvalue weighted by Gasteiger charge is -2.24. The van der Waals surface area contributed by atoms with E-state index in [2.05, 4.69) is 4.99 Å². The van der Waals surface area contributed by atoms with Crippen molar-refractivity contribution in [2.75, 3.05) is 13.2 Å². The number of fused-ring (bicyclic) bond motifs is 1. The number of esters is 1. The molecule has 0 saturated heterocycles. The summed E-state index contributed by atoms with van der Waals surface area (Å²) in [7, 11) is 0. The molecule has 11 heteroatoms. The molecule has 1 aliphatic heterocycles. The van der Waals surface area contributed by atoms with E-state index in [-0.39, 0.29) is 24.5 Å². The molecule has 0 saturated carbocycles. The van der Waals surface area contributed by atoms with E-state index >= 15 is 0 Å². The molecule has 0 aliphatic carbocycles. The predicted molar refractivity (Wildman–Crippen MR) is 162 cm³/mol. The fourth-order valence-electron chi connectivity index (χ4n) is 4.77. The molecule has 5 rings (SSSR count). The fourth-order valence-corrected chi connectivity index (χ4v) is 5.82. The van der Waals surface area contributed by atoms with Gasteiger partial charge in [-0.2, -0.15) is 0 Å². The number of hydrogen-bond acceptors (Lipinski definition) is 9. The maximum Gasteiger partial charge on any atom is 0.338 e. The lowest BCUT2D eigenvalue weighted by atomic mass is 9.96. The lowest BCUT2D eigenvalue weighted by Crippen LogP contribution is -2.39. The number of thiazole rings is 1. The number of nitro groups is 1. The zero-order chi connectivity index (χ0) is 30.5. The van der Waals surface area contributed by atoms with Crippen molar-refractivity contribution in [2.45, 2.75) is 33.4 Å². The molecule has 1 atom stereocenters. The van der Waals surface area contributed by atoms with Crippen molar-refractivity contribution in [1.82, 2.24) is 4.57 Å². The van der Waals surface area contributed by atoms with Crippen molar-refractivity contribution >= 4 is 29.1 Å². The summed E-state index contributed by atoms with van der Waals surface area (Å²) >= 11 is 1.24. The van der Waals surface area contributed by atoms with E-state index in [1.165, 1.54) is 23.5 Å². The van der Waals surface area contributed by atoms with Gasteiger partial charge in [-0.05, 0) is 67.8 Å². The van der Waals surface area contributed by atoms with Crippen LogP contribution in [-0.2, 0) is 16.1 Å². The molecular weight excluding hydrogens is 570 g/mol. The SMILES string of the molecule is CCOC(=O)C1=C(C)N=c2s/c(=C/c3ccc(OCc4ccc([N+](=O)[O-])cc4)c(OCC)c3)c(=O)n2[C@H]1c1ccccc1. The summed E-state index contributed by atoms with van der Waals surface area (Å²) in [4.78, 5) is 42.4. The van der Waals surface area contributed by atoms with Gasteiger partial charge in [0.15, 0.2) is 16.3 Å². The Hall–Kier alpha value is -5.03. The van der Waals surface area contributed by atoms with Crippen LogP contribution in [0.5, 0.6) is 11.5 Å². The van der Waals surface area contributed by atoms with Crippen molar-refractivity contribution in [3.05, 3.63) is 131 Å². The highest BCUT2D eigenvalue weighted by atomic mass is 32.1. The standard InChI is InChI=1S/C32H29N3O7S/c1-4-40-26-17-22(13-16-25(26)42-19-21-11-14-24(15-12-21)35(38)39)18-27-30(36)34-29(23-9-7-6-8-10-23)28(31(37)41-5-2)20(3)33-32(34)43-27/h6-18,29H,4-5,19H2,1-3H3/b27-18+/t29-/m0/s1. The van der Waals surface area contributed by atoms with Gasteiger partial charge in [-0.15, -0.1) is 0 Å². The molecule has 2 heterocycles. The van der Waals surface area contributed by atoms with E-state index in [0.29, 0.717) is 44.3 Å². The van der Waals surface area contributed by atoms with Gasteiger partial charge in [-0.25, -0.2) is 9.79 Å². The van der Waals surface area contributed by atoms with Crippen molar-refractivity contribution in [2.24, 2.45) is 4.99 Å². The van der Waals surface area contributed by atoms with E-state index in [4.69, 9.17) is 14.2 Å². The largest absolute Gasteiger partial charge is 0.490 e. The first-order valence-electron chi connectivity index (χ1n) is 13.7. The maximum absolute atomic E-state index is 13.8. The molecule has 0 radical (unpaired) electrons. The number of rotatable bonds is 10. The van der Waals surface area contributed by atoms with Crippen LogP contribution in [0, 0.1) is 10.1 Å². The topological polar surface area (TPSA) is 122 Å². The molecule has 0 unspecified atom stereocenters. The molecule has 10 nitrogen and oxygen atoms in total. The summed E-state index contributed by atoms with van der Waals surface area (Å²) in [6, 6.07) is 20.2. The number of allylic oxidation sites excluding steroid dienone is 1. The van der Waals surface area contributed by atoms with Gasteiger partial charge in [0.1, 0.15) is 6.61 Å². The highest BCUT2D eigenvalue weighted by molar-refractivity contribution is 7.07. The van der Waals surface area contributed by atoms with E-state index in [1.807, 2.05) is 43.3 Å². The molecule has 1 aliphatic rings. The number of benzene rings is 3. The summed E-state index contributed by atoms with van der Waals surface area (Å²) in [5.41, 5.74) is 2.84. The highest BCUT2D eigenvalue weighted by Gasteiger charge is 2.33. The monoisotopic (exact) mass is 599 g/mol. The van der Waals surface area contributed by atoms with Crippen molar-refractivity contribution in [1.29, 1.82) is 0 Å². The number of aromatic nitrogens is 1. The first-order valence-corrected chi connectivity index (χ1v) is 14.5. The Kier molecular flexibility index (Phi) is 8.82. The maximum atomic E-state index is 13.8. The van der Waals surface area contributed by atoms with Crippen LogP contribution in [0.3, 0.4) is 0 Å². The predicted octanol–water partition coefficient (Wildman–Crippen LogP) is 4.68. The molecule has 0 amide bonds. The minimum absolute atomic E-state index is 0.00996. The van der Waals surface area contributed by atoms with Crippen LogP contribution in [-0.4, -0.2) is 28.7 Å². The third-order valence-electron chi connectivity index (χ3n) is 6.74. The number of carbonyl (C=O) groups excluding carboxylic acids is 1. The summed E-state index contributed by atoms with van der Waals surface area (Å²) < 4.78 is 19.1. The van der Waals surface area contributed by atoms with E-state index in [1.54, 1.807) is 48.8 Å². The number of nitro benzene ring substituents is 1. The lowest BCUT2D eigenvalue weighted by molar-refractivity contribution is -0.384. The molecule has 0 spiro atoms. The normalized spacial score (nSPS) is 14.6. The molecule has 220 valence electrons. The molecule has 4 aromatic rings. The van der Waals surface area contributed by atoms with Crippen LogP contribution < -0.4 is 24.4 Å². The zero-order valence-corrected chi connectivity index (χ0v) is 24.6. The van der Waals surface area contributed by atoms with Crippen molar-refractivity contribution in [3.63, 3.8) is 0 Å². The molecular formula is C32H29N3O7S. The Bertz CT molecular complexity index is 1880. The van der Waals surface area contributed by atoms with Gasteiger partial charge < -0.3 is 14.2 Å². The molecule has 43 heavy (non-hydrogen) atoms. The van der Waals surface area contributed by atoms with Gasteiger partial charge >= 0.3 is 5.97 Å². The second-order valence-electron chi connectivity index (χ2n) is 9.56. The average Bonchev–Trinajstić information content (AvgIpc) is 3.30. The fraction of sp³-hybridized carbons (Fsp3) is 0.219. The number of nitrogens with zero attached hydrogens (tertiary/aromatic N) is 3. The molecule has 1 aromatic heterocycles. The second kappa shape index (κ2) is 12.9. The summed E-state index contributed by atoms with van der Waals surface area (Å²) in [5.74, 6) is 0.490. The first kappa shape index (κ1) is 29.5. The van der Waals surface area contributed by atoms with Crippen LogP contribution in [0.25, 0.3) is 6.08 Å². The van der Waals surface area contributed by atoms with Gasteiger partial charge in [0, 0.05) is 12.1 Å². The molecule has 3 aromatic carbocycles. The smallest absolute Gasteiger partial charge is 0.338 e. The van der Waals surface area contributed by atoms with Crippen LogP contribution in [0.15, 0.2) is 93.9 Å². The quantitative estimate of drug-likeness (QED) is 0.147. The Labute approximate surface area is 251 Å². The van der Waals surface area contributed by atoms with Gasteiger partial charge in [-0.1, -0.05) is 47.7 Å². The Morgan fingerprint density at radius 3 is 2.44 bits per heavy atom. The van der Waals surface area contributed by atoms with Crippen LogP contribution >= 0.6 is 11.3 Å². The van der Waals surface area contributed by atoms with E-state index in [9.17, 15) is 19.7 Å². The second-order valence-corrected chi connectivity index (χ2v) is 10.6. The molecule has 0 N–H and O–H groups in total. The van der Waals surface area contributed by atoms with Crippen LogP contribution in [0.4, 0.5) is 5.69 Å². The molecule has 0 fully saturated rings. The van der Waals surface area contributed by atoms with E-state index in [0.717, 1.165) is 11.1 Å². The average molecular weight is 600 g/mol. The number of ether oxygens (including phenoxy) is 3. The van der Waals surface area contributed by atoms with Gasteiger partial charge in [0.25, 0.3) is 11.2 Å². The third kappa shape index (κ3) is 6.26. The molecule has 0 bridgehead atoms. The zero-order valence-electron chi connectivity index (χ0n) is 23.8. The van der Waals surface area contributed by atoms with Crippen LogP contribution in [0.1, 0.15) is 43.5 Å². The van der Waals surface area contributed by atoms with Crippen molar-refractivity contribution in [3.8, 4) is 11.5 Å². The van der Waals surface area contributed by atoms with Gasteiger partial charge in [-0.3, -0.25) is 19.5 Å². The Balaban J connectivity index is 1.50. The number of carbonyl (C=O) groups is 1. The Morgan fingerprint density at radius 2 is 1.77 bits per heavy atom. The number of non-ortho nitro benzene ring substituents is 1. The summed E-state index contributed by atoms with van der Waals surface area (Å²) in [5, 5.41) is 10.9. The summed E-state index contributed by atoms with van der Waals surface area (Å²) in [6.45, 7) is 6.14. The van der Waals surface area contributed by atoms with Crippen molar-refractivity contribution < 1.29 is 23.9 Å². The highest BCUT2D eigenvalue weighted by Crippen LogP contribution is 2.31. The van der Waals surface area contributed by atoms with Gasteiger partial charge in [0.2, 0.25) is 0 Å². The van der Waals surface area contributed by atoms with Crippen LogP contribution in [0.2, 0.25) is 0 Å². The van der Waals surface area contributed by atoms with Gasteiger partial charge in [0.05, 0.1) is 40.0 Å².